The Morgan fingerprint density at radius 1 is 0.773 bits per heavy atom. The maximum absolute atomic E-state index is 9.00. The lowest BCUT2D eigenvalue weighted by atomic mass is 10.1. The number of carboxylic acids is 1. The predicted octanol–water partition coefficient (Wildman–Crippen LogP) is 5.16. The summed E-state index contributed by atoms with van der Waals surface area (Å²) in [7, 11) is 0. The normalized spacial score (nSPS) is 9.41. The molecule has 0 bridgehead atoms. The van der Waals surface area contributed by atoms with Crippen molar-refractivity contribution in [2.24, 2.45) is 0 Å². The van der Waals surface area contributed by atoms with E-state index in [9.17, 15) is 0 Å². The van der Waals surface area contributed by atoms with Crippen LogP contribution in [0.4, 0.5) is 0 Å². The van der Waals surface area contributed by atoms with Crippen LogP contribution in [-0.4, -0.2) is 22.8 Å². The molecule has 0 aromatic rings. The number of aliphatic hydroxyl groups excluding tert-OH is 1. The zero-order valence-electron chi connectivity index (χ0n) is 14.7. The molecular formula is C19H36O3. The second-order valence-electron chi connectivity index (χ2n) is 5.63. The highest BCUT2D eigenvalue weighted by molar-refractivity contribution is 5.62. The molecule has 0 unspecified atom stereocenters. The van der Waals surface area contributed by atoms with Crippen molar-refractivity contribution in [1.29, 1.82) is 0 Å². The molecule has 0 spiro atoms. The van der Waals surface area contributed by atoms with E-state index in [2.05, 4.69) is 18.8 Å². The van der Waals surface area contributed by atoms with Crippen molar-refractivity contribution in [2.45, 2.75) is 97.3 Å². The van der Waals surface area contributed by atoms with Crippen LogP contribution in [0.25, 0.3) is 0 Å². The van der Waals surface area contributed by atoms with Gasteiger partial charge in [0.25, 0.3) is 5.97 Å². The Bertz CT molecular complexity index is 272. The molecule has 0 fully saturated rings. The third-order valence-corrected chi connectivity index (χ3v) is 3.24. The smallest absolute Gasteiger partial charge is 0.300 e. The number of unbranched alkanes of at least 4 members (excludes halogenated alkanes) is 11. The Kier molecular flexibility index (Phi) is 23.5. The Morgan fingerprint density at radius 3 is 1.55 bits per heavy atom. The Hall–Kier alpha value is -1.01. The van der Waals surface area contributed by atoms with Crippen LogP contribution in [0.2, 0.25) is 0 Å². The van der Waals surface area contributed by atoms with Crippen molar-refractivity contribution in [3.8, 4) is 11.8 Å². The van der Waals surface area contributed by atoms with Crippen LogP contribution < -0.4 is 0 Å². The summed E-state index contributed by atoms with van der Waals surface area (Å²) >= 11 is 0. The molecule has 0 saturated heterocycles. The van der Waals surface area contributed by atoms with E-state index in [0.717, 1.165) is 26.2 Å². The Balaban J connectivity index is 0. The molecule has 130 valence electrons. The van der Waals surface area contributed by atoms with E-state index in [4.69, 9.17) is 15.0 Å². The number of carbonyl (C=O) groups is 1. The minimum atomic E-state index is -0.833. The zero-order chi connectivity index (χ0) is 16.9. The van der Waals surface area contributed by atoms with Gasteiger partial charge in [-0.3, -0.25) is 4.79 Å². The summed E-state index contributed by atoms with van der Waals surface area (Å²) in [4.78, 5) is 9.00. The van der Waals surface area contributed by atoms with Gasteiger partial charge in [-0.2, -0.15) is 0 Å². The lowest BCUT2D eigenvalue weighted by molar-refractivity contribution is -0.134. The van der Waals surface area contributed by atoms with Crippen LogP contribution >= 0.6 is 0 Å². The molecule has 0 aliphatic rings. The van der Waals surface area contributed by atoms with Crippen LogP contribution in [0.5, 0.6) is 0 Å². The molecule has 3 heteroatoms. The first-order valence-corrected chi connectivity index (χ1v) is 8.91. The van der Waals surface area contributed by atoms with Crippen molar-refractivity contribution in [1.82, 2.24) is 0 Å². The van der Waals surface area contributed by atoms with Gasteiger partial charge in [0.1, 0.15) is 0 Å². The van der Waals surface area contributed by atoms with Crippen LogP contribution in [-0.2, 0) is 4.79 Å². The third-order valence-electron chi connectivity index (χ3n) is 3.24. The molecule has 22 heavy (non-hydrogen) atoms. The second-order valence-corrected chi connectivity index (χ2v) is 5.63. The molecule has 0 rings (SSSR count). The highest BCUT2D eigenvalue weighted by atomic mass is 16.4. The van der Waals surface area contributed by atoms with E-state index in [-0.39, 0.29) is 0 Å². The first-order chi connectivity index (χ1) is 10.6. The van der Waals surface area contributed by atoms with Crippen LogP contribution in [0.1, 0.15) is 97.3 Å². The molecule has 3 nitrogen and oxygen atoms in total. The van der Waals surface area contributed by atoms with Gasteiger partial charge in [0.2, 0.25) is 0 Å². The minimum Gasteiger partial charge on any atom is -0.481 e. The lowest BCUT2D eigenvalue weighted by Gasteiger charge is -1.99. The molecule has 0 atom stereocenters. The first-order valence-electron chi connectivity index (χ1n) is 8.91. The van der Waals surface area contributed by atoms with E-state index >= 15 is 0 Å². The maximum Gasteiger partial charge on any atom is 0.300 e. The van der Waals surface area contributed by atoms with Gasteiger partial charge in [0, 0.05) is 26.4 Å². The van der Waals surface area contributed by atoms with Gasteiger partial charge < -0.3 is 10.2 Å². The Labute approximate surface area is 137 Å². The molecular weight excluding hydrogens is 276 g/mol. The standard InChI is InChI=1S/C17H32O.C2H4O2/c1-2-3-4-5-6-7-8-9-10-11-12-13-14-15-16-17-18;1-2(3)4/h18H,2-5,8-17H2,1H3;1H3,(H,3,4). The van der Waals surface area contributed by atoms with Crippen LogP contribution in [0.3, 0.4) is 0 Å². The quantitative estimate of drug-likeness (QED) is 0.386. The monoisotopic (exact) mass is 312 g/mol. The van der Waals surface area contributed by atoms with E-state index in [1.54, 1.807) is 0 Å². The van der Waals surface area contributed by atoms with Gasteiger partial charge >= 0.3 is 0 Å². The Morgan fingerprint density at radius 2 is 1.14 bits per heavy atom. The summed E-state index contributed by atoms with van der Waals surface area (Å²) in [6, 6.07) is 0. The number of hydrogen-bond acceptors (Lipinski definition) is 2. The van der Waals surface area contributed by atoms with E-state index in [1.807, 2.05) is 0 Å². The van der Waals surface area contributed by atoms with Crippen molar-refractivity contribution in [3.63, 3.8) is 0 Å². The highest BCUT2D eigenvalue weighted by Gasteiger charge is 1.91. The summed E-state index contributed by atoms with van der Waals surface area (Å²) in [6.07, 6.45) is 16.2. The number of rotatable bonds is 12. The van der Waals surface area contributed by atoms with E-state index < -0.39 is 5.97 Å². The number of carboxylic acid groups (broad SMARTS) is 1. The number of hydrogen-bond donors (Lipinski definition) is 2. The van der Waals surface area contributed by atoms with Gasteiger partial charge in [-0.15, -0.1) is 11.8 Å². The van der Waals surface area contributed by atoms with Crippen molar-refractivity contribution in [2.75, 3.05) is 6.61 Å². The van der Waals surface area contributed by atoms with Crippen LogP contribution in [0.15, 0.2) is 0 Å². The fourth-order valence-corrected chi connectivity index (χ4v) is 2.03. The van der Waals surface area contributed by atoms with Gasteiger partial charge in [0.15, 0.2) is 0 Å². The summed E-state index contributed by atoms with van der Waals surface area (Å²) in [5, 5.41) is 16.1. The summed E-state index contributed by atoms with van der Waals surface area (Å²) in [5.74, 6) is 5.72. The second kappa shape index (κ2) is 22.3. The van der Waals surface area contributed by atoms with Gasteiger partial charge in [-0.25, -0.2) is 0 Å². The molecule has 0 aliphatic carbocycles. The molecule has 0 aliphatic heterocycles. The number of aliphatic hydroxyl groups is 1. The summed E-state index contributed by atoms with van der Waals surface area (Å²) < 4.78 is 0. The summed E-state index contributed by atoms with van der Waals surface area (Å²) in [5.41, 5.74) is 0. The largest absolute Gasteiger partial charge is 0.481 e. The molecule has 0 aromatic carbocycles. The number of aliphatic carboxylic acids is 1. The fourth-order valence-electron chi connectivity index (χ4n) is 2.03. The SMILES string of the molecule is CC(=O)O.CCCCCC#CCCCCCCCCCCO. The predicted molar refractivity (Wildman–Crippen MR) is 93.9 cm³/mol. The van der Waals surface area contributed by atoms with Crippen molar-refractivity contribution in [3.05, 3.63) is 0 Å². The van der Waals surface area contributed by atoms with E-state index in [0.29, 0.717) is 6.61 Å². The van der Waals surface area contributed by atoms with Gasteiger partial charge in [0.05, 0.1) is 0 Å². The van der Waals surface area contributed by atoms with Crippen LogP contribution in [0, 0.1) is 11.8 Å². The summed E-state index contributed by atoms with van der Waals surface area (Å²) in [6.45, 7) is 3.67. The van der Waals surface area contributed by atoms with E-state index in [1.165, 1.54) is 64.2 Å². The molecule has 0 aromatic heterocycles. The zero-order valence-corrected chi connectivity index (χ0v) is 14.7. The van der Waals surface area contributed by atoms with Gasteiger partial charge in [-0.1, -0.05) is 58.3 Å². The average molecular weight is 312 g/mol. The fraction of sp³-hybridized carbons (Fsp3) is 0.842. The van der Waals surface area contributed by atoms with Gasteiger partial charge in [-0.05, 0) is 19.3 Å². The maximum atomic E-state index is 9.00. The molecule has 0 heterocycles. The average Bonchev–Trinajstić information content (AvgIpc) is 2.47. The third kappa shape index (κ3) is 31.4. The van der Waals surface area contributed by atoms with Crippen molar-refractivity contribution < 1.29 is 15.0 Å². The molecule has 2 N–H and O–H groups in total. The molecule has 0 saturated carbocycles. The molecule has 0 amide bonds. The molecule has 0 radical (unpaired) electrons. The highest BCUT2D eigenvalue weighted by Crippen LogP contribution is 2.09. The van der Waals surface area contributed by atoms with Crippen molar-refractivity contribution >= 4 is 5.97 Å². The first kappa shape index (κ1) is 23.3. The lowest BCUT2D eigenvalue weighted by Crippen LogP contribution is -1.84. The minimum absolute atomic E-state index is 0.358. The topological polar surface area (TPSA) is 57.5 Å².